The summed E-state index contributed by atoms with van der Waals surface area (Å²) in [6.45, 7) is 5.59. The fourth-order valence-electron chi connectivity index (χ4n) is 8.89. The highest BCUT2D eigenvalue weighted by Crippen LogP contribution is 2.15. The molecule has 0 aromatic rings. The Morgan fingerprint density at radius 2 is 1.03 bits per heavy atom. The van der Waals surface area contributed by atoms with Crippen molar-refractivity contribution in [1.82, 2.24) is 42.5 Å². The first-order valence-corrected chi connectivity index (χ1v) is 28.8. The highest BCUT2D eigenvalue weighted by molar-refractivity contribution is 5.97. The van der Waals surface area contributed by atoms with Crippen LogP contribution in [0.1, 0.15) is 187 Å². The average Bonchev–Trinajstić information content (AvgIpc) is 3.38. The maximum absolute atomic E-state index is 14.4. The van der Waals surface area contributed by atoms with E-state index in [-0.39, 0.29) is 76.8 Å². The second-order valence-corrected chi connectivity index (χ2v) is 20.9. The van der Waals surface area contributed by atoms with Gasteiger partial charge >= 0.3 is 0 Å². The summed E-state index contributed by atoms with van der Waals surface area (Å²) in [5.41, 5.74) is 34.2. The van der Waals surface area contributed by atoms with Crippen LogP contribution < -0.4 is 76.9 Å². The van der Waals surface area contributed by atoms with Crippen LogP contribution >= 0.6 is 0 Å². The lowest BCUT2D eigenvalue weighted by Crippen LogP contribution is -2.59. The molecule has 0 radical (unpaired) electrons. The molecule has 0 spiro atoms. The molecule has 24 heteroatoms. The summed E-state index contributed by atoms with van der Waals surface area (Å²) in [5, 5.41) is 32.6. The molecule has 77 heavy (non-hydrogen) atoms. The number of guanidine groups is 1. The van der Waals surface area contributed by atoms with Crippen molar-refractivity contribution in [2.75, 3.05) is 45.8 Å². The van der Waals surface area contributed by atoms with Crippen LogP contribution in [0.4, 0.5) is 0 Å². The lowest BCUT2D eigenvalue weighted by atomic mass is 10.0. The van der Waals surface area contributed by atoms with Crippen LogP contribution in [0.15, 0.2) is 4.99 Å². The fourth-order valence-corrected chi connectivity index (χ4v) is 8.89. The van der Waals surface area contributed by atoms with Crippen molar-refractivity contribution >= 4 is 53.2 Å². The van der Waals surface area contributed by atoms with Gasteiger partial charge in [-0.3, -0.25) is 43.3 Å². The predicted molar refractivity (Wildman–Crippen MR) is 300 cm³/mol. The van der Waals surface area contributed by atoms with E-state index in [1.807, 2.05) is 0 Å². The van der Waals surface area contributed by atoms with E-state index in [4.69, 9.17) is 34.4 Å². The molecule has 1 fully saturated rings. The Bertz CT molecular complexity index is 1740. The van der Waals surface area contributed by atoms with Crippen molar-refractivity contribution in [2.45, 2.75) is 230 Å². The number of nitrogens with one attached hydrogen (secondary N) is 8. The molecule has 7 atom stereocenters. The first-order chi connectivity index (χ1) is 36.9. The number of unbranched alkanes of at least 4 members (excludes halogenated alkanes) is 10. The average molecular weight is 1090 g/mol. The summed E-state index contributed by atoms with van der Waals surface area (Å²) in [6, 6.07) is -6.87. The molecule has 1 aliphatic heterocycles. The number of hydrogen-bond donors (Lipinski definition) is 15. The van der Waals surface area contributed by atoms with Crippen molar-refractivity contribution in [1.29, 1.82) is 0 Å². The molecule has 8 amide bonds. The number of nitrogens with two attached hydrogens (primary N) is 6. The largest absolute Gasteiger partial charge is 0.393 e. The standard InChI is InChI=1S/C53H103N15O9/c1-37(2)21-8-6-4-3-5-7-9-22-38(69)35-45(70)62-36-46(71)63-40(28-20-34-61-53(58)59)48(73)65-44-27-14-19-33-60-47(72)39(23-10-15-29-54)64-49(74)41(24-11-16-30-55)66-50(75)42(25-12-17-31-56)67-51(76)43(68-52(44)77)26-13-18-32-57/h37-44,69H,3-36,54-57H2,1-2H3,(H,60,72)(H,62,70)(H,63,71)(H,64,74)(H,65,73)(H,66,75)(H,67,76)(H,68,77)(H4,58,59,61). The summed E-state index contributed by atoms with van der Waals surface area (Å²) >= 11 is 0. The van der Waals surface area contributed by atoms with Crippen LogP contribution in [0.2, 0.25) is 0 Å². The minimum Gasteiger partial charge on any atom is -0.393 e. The summed E-state index contributed by atoms with van der Waals surface area (Å²) in [4.78, 5) is 115. The first-order valence-electron chi connectivity index (χ1n) is 28.8. The van der Waals surface area contributed by atoms with Gasteiger partial charge in [0, 0.05) is 13.1 Å². The van der Waals surface area contributed by atoms with E-state index in [0.29, 0.717) is 96.3 Å². The van der Waals surface area contributed by atoms with E-state index in [1.54, 1.807) is 0 Å². The maximum atomic E-state index is 14.4. The van der Waals surface area contributed by atoms with Crippen LogP contribution in [0.25, 0.3) is 0 Å². The van der Waals surface area contributed by atoms with Gasteiger partial charge in [-0.25, -0.2) is 0 Å². The predicted octanol–water partition coefficient (Wildman–Crippen LogP) is -0.201. The lowest BCUT2D eigenvalue weighted by Gasteiger charge is -2.28. The minimum atomic E-state index is -1.26. The highest BCUT2D eigenvalue weighted by atomic mass is 16.3. The molecule has 0 bridgehead atoms. The fraction of sp³-hybridized carbons (Fsp3) is 0.830. The number of aliphatic imine (C=N–C) groups is 1. The van der Waals surface area contributed by atoms with Gasteiger partial charge < -0.3 is 82.0 Å². The second kappa shape index (κ2) is 43.8. The zero-order valence-corrected chi connectivity index (χ0v) is 46.8. The van der Waals surface area contributed by atoms with Crippen LogP contribution in [-0.2, 0) is 38.4 Å². The van der Waals surface area contributed by atoms with Crippen LogP contribution in [0.3, 0.4) is 0 Å². The third kappa shape index (κ3) is 34.4. The van der Waals surface area contributed by atoms with E-state index in [2.05, 4.69) is 61.4 Å². The van der Waals surface area contributed by atoms with Gasteiger partial charge in [0.25, 0.3) is 0 Å². The Morgan fingerprint density at radius 3 is 1.49 bits per heavy atom. The number of carbonyl (C=O) groups is 8. The minimum absolute atomic E-state index is 0.0217. The van der Waals surface area contributed by atoms with Crippen molar-refractivity contribution in [3.05, 3.63) is 0 Å². The van der Waals surface area contributed by atoms with Crippen LogP contribution in [-0.4, -0.2) is 146 Å². The Morgan fingerprint density at radius 1 is 0.571 bits per heavy atom. The molecule has 24 nitrogen and oxygen atoms in total. The number of nitrogens with zero attached hydrogens (tertiary/aromatic N) is 1. The Kier molecular flexibility index (Phi) is 39.7. The van der Waals surface area contributed by atoms with Gasteiger partial charge in [0.15, 0.2) is 5.96 Å². The van der Waals surface area contributed by atoms with Crippen LogP contribution in [0.5, 0.6) is 0 Å². The van der Waals surface area contributed by atoms with E-state index in [9.17, 15) is 43.5 Å². The molecular formula is C53H103N15O9. The zero-order chi connectivity index (χ0) is 57.2. The molecule has 7 unspecified atom stereocenters. The smallest absolute Gasteiger partial charge is 0.243 e. The number of carbonyl (C=O) groups excluding carboxylic acids is 8. The number of aliphatic hydroxyl groups is 1. The topological polar surface area (TPSA) is 422 Å². The van der Waals surface area contributed by atoms with E-state index in [1.165, 1.54) is 25.7 Å². The third-order valence-corrected chi connectivity index (χ3v) is 13.5. The number of rotatable bonds is 37. The van der Waals surface area contributed by atoms with Gasteiger partial charge in [-0.2, -0.15) is 0 Å². The SMILES string of the molecule is CC(C)CCCCCCCCCC(O)CC(=O)NCC(=O)NC(CCCN=C(N)N)C(=O)NC1CCCCNC(=O)C(CCCCN)NC(=O)C(CCCCN)NC(=O)C(CCCCN)NC(=O)C(CCCCN)NC1=O. The zero-order valence-electron chi connectivity index (χ0n) is 46.8. The van der Waals surface area contributed by atoms with E-state index in [0.717, 1.165) is 25.7 Å². The van der Waals surface area contributed by atoms with E-state index >= 15 is 0 Å². The molecule has 444 valence electrons. The van der Waals surface area contributed by atoms with Crippen molar-refractivity contribution < 1.29 is 43.5 Å². The highest BCUT2D eigenvalue weighted by Gasteiger charge is 2.33. The summed E-state index contributed by atoms with van der Waals surface area (Å²) in [6.07, 6.45) is 14.0. The lowest BCUT2D eigenvalue weighted by molar-refractivity contribution is -0.135. The molecule has 1 heterocycles. The van der Waals surface area contributed by atoms with Crippen molar-refractivity contribution in [2.24, 2.45) is 45.3 Å². The van der Waals surface area contributed by atoms with E-state index < -0.39 is 96.2 Å². The number of amides is 8. The molecule has 1 saturated heterocycles. The molecule has 1 aliphatic rings. The molecular weight excluding hydrogens is 991 g/mol. The monoisotopic (exact) mass is 1090 g/mol. The van der Waals surface area contributed by atoms with Gasteiger partial charge in [0.1, 0.15) is 36.3 Å². The van der Waals surface area contributed by atoms with Gasteiger partial charge in [0.2, 0.25) is 47.3 Å². The molecule has 0 aliphatic carbocycles. The first kappa shape index (κ1) is 69.8. The Labute approximate surface area is 458 Å². The van der Waals surface area contributed by atoms with Crippen LogP contribution in [0, 0.1) is 5.92 Å². The van der Waals surface area contributed by atoms with Gasteiger partial charge in [-0.1, -0.05) is 65.2 Å². The molecule has 0 aromatic carbocycles. The van der Waals surface area contributed by atoms with Crippen molar-refractivity contribution in [3.63, 3.8) is 0 Å². The van der Waals surface area contributed by atoms with Gasteiger partial charge in [-0.05, 0) is 148 Å². The summed E-state index contributed by atoms with van der Waals surface area (Å²) in [7, 11) is 0. The number of aliphatic hydroxyl groups excluding tert-OH is 1. The van der Waals surface area contributed by atoms with Gasteiger partial charge in [-0.15, -0.1) is 0 Å². The second-order valence-electron chi connectivity index (χ2n) is 20.9. The summed E-state index contributed by atoms with van der Waals surface area (Å²) < 4.78 is 0. The Hall–Kier alpha value is -5.17. The number of hydrogen-bond acceptors (Lipinski definition) is 14. The quantitative estimate of drug-likeness (QED) is 0.0218. The third-order valence-electron chi connectivity index (χ3n) is 13.5. The van der Waals surface area contributed by atoms with Gasteiger partial charge in [0.05, 0.1) is 19.1 Å². The normalized spacial score (nSPS) is 19.9. The molecule has 0 aromatic heterocycles. The summed E-state index contributed by atoms with van der Waals surface area (Å²) in [5.74, 6) is -4.51. The molecule has 0 saturated carbocycles. The Balaban J connectivity index is 3.43. The maximum Gasteiger partial charge on any atom is 0.243 e. The molecule has 1 rings (SSSR count). The molecule has 21 N–H and O–H groups in total. The van der Waals surface area contributed by atoms with Crippen molar-refractivity contribution in [3.8, 4) is 0 Å².